The predicted molar refractivity (Wildman–Crippen MR) is 126 cm³/mol. The molecule has 0 heterocycles. The summed E-state index contributed by atoms with van der Waals surface area (Å²) in [6.07, 6.45) is 0. The summed E-state index contributed by atoms with van der Waals surface area (Å²) < 4.78 is 1.35. The van der Waals surface area contributed by atoms with Crippen molar-refractivity contribution < 1.29 is 30.3 Å². The van der Waals surface area contributed by atoms with E-state index in [1.54, 1.807) is 22.3 Å². The fraction of sp³-hybridized carbons (Fsp3) is 0.143. The second kappa shape index (κ2) is 9.00. The minimum absolute atomic E-state index is 0. The second-order valence-electron chi connectivity index (χ2n) is 8.87. The molecular weight excluding hydrogens is 494 g/mol. The minimum Gasteiger partial charge on any atom is -1.00 e. The summed E-state index contributed by atoms with van der Waals surface area (Å²) in [6.45, 7) is 5.28. The standard InChI is InChI=1S/2C13H9.C2H7Si.2FH.Zr/c2*1-3-7-12-10(5-1)9-11-6-2-4-8-13(11)12;1-3-2;;;/h2*1-9H;3H,1-2H3;2*1H;/q;;;;;+2/p-2. The molecule has 0 N–H and O–H groups in total. The topological polar surface area (TPSA) is 0 Å². The molecule has 0 unspecified atom stereocenters. The minimum atomic E-state index is -2.00. The van der Waals surface area contributed by atoms with Crippen molar-refractivity contribution in [3.63, 3.8) is 0 Å². The maximum Gasteiger partial charge on any atom is -1.00 e. The van der Waals surface area contributed by atoms with Gasteiger partial charge in [0.15, 0.2) is 0 Å². The number of hydrogen-bond acceptors (Lipinski definition) is 0. The van der Waals surface area contributed by atoms with Crippen LogP contribution in [0.4, 0.5) is 0 Å². The van der Waals surface area contributed by atoms with Gasteiger partial charge in [-0.05, 0) is 0 Å². The smallest absolute Gasteiger partial charge is 1.00 e. The van der Waals surface area contributed by atoms with Gasteiger partial charge in [-0.15, -0.1) is 0 Å². The summed E-state index contributed by atoms with van der Waals surface area (Å²) in [5.41, 5.74) is 12.5. The van der Waals surface area contributed by atoms with Crippen LogP contribution in [0.3, 0.4) is 0 Å². The molecule has 0 spiro atoms. The maximum absolute atomic E-state index is 2.64. The Morgan fingerprint density at radius 2 is 0.719 bits per heavy atom. The SMILES string of the molecule is C[SiH](C)[Zr+2]([CH]1c2ccccc2-c2ccccc21)[CH]1c2ccccc2-c2ccccc21.[F-].[F-]. The van der Waals surface area contributed by atoms with Crippen LogP contribution in [0.15, 0.2) is 97.1 Å². The van der Waals surface area contributed by atoms with Crippen LogP contribution in [0.2, 0.25) is 13.1 Å². The van der Waals surface area contributed by atoms with E-state index >= 15 is 0 Å². The van der Waals surface area contributed by atoms with Crippen LogP contribution in [0, 0.1) is 0 Å². The molecule has 6 rings (SSSR count). The third kappa shape index (κ3) is 3.31. The molecule has 0 amide bonds. The van der Waals surface area contributed by atoms with Gasteiger partial charge in [-0.3, -0.25) is 0 Å². The van der Waals surface area contributed by atoms with Gasteiger partial charge in [0.25, 0.3) is 0 Å². The van der Waals surface area contributed by atoms with Crippen molar-refractivity contribution in [2.45, 2.75) is 20.3 Å². The molecule has 0 radical (unpaired) electrons. The molecule has 0 bridgehead atoms. The van der Waals surface area contributed by atoms with Crippen LogP contribution in [0.1, 0.15) is 29.5 Å². The van der Waals surface area contributed by atoms with Gasteiger partial charge in [0.05, 0.1) is 0 Å². The van der Waals surface area contributed by atoms with Crippen molar-refractivity contribution in [1.29, 1.82) is 0 Å². The number of fused-ring (bicyclic) bond motifs is 6. The first-order valence-corrected chi connectivity index (χ1v) is 21.0. The Morgan fingerprint density at radius 3 is 0.969 bits per heavy atom. The van der Waals surface area contributed by atoms with Crippen molar-refractivity contribution in [1.82, 2.24) is 0 Å². The maximum atomic E-state index is 2.64. The Morgan fingerprint density at radius 1 is 0.469 bits per heavy atom. The third-order valence-corrected chi connectivity index (χ3v) is 28.4. The Bertz CT molecular complexity index is 1080. The van der Waals surface area contributed by atoms with E-state index in [1.165, 1.54) is 22.3 Å². The van der Waals surface area contributed by atoms with Gasteiger partial charge in [0.2, 0.25) is 0 Å². The first-order chi connectivity index (χ1) is 14.8. The second-order valence-corrected chi connectivity index (χ2v) is 28.9. The van der Waals surface area contributed by atoms with E-state index < -0.39 is 26.8 Å². The third-order valence-electron chi connectivity index (χ3n) is 7.00. The van der Waals surface area contributed by atoms with Crippen LogP contribution in [0.25, 0.3) is 22.3 Å². The molecule has 159 valence electrons. The number of halogens is 2. The molecule has 0 nitrogen and oxygen atoms in total. The molecule has 32 heavy (non-hydrogen) atoms. The Kier molecular flexibility index (Phi) is 6.47. The molecular formula is C28H25F2SiZr. The molecule has 0 fully saturated rings. The number of rotatable bonds is 3. The normalized spacial score (nSPS) is 13.5. The molecule has 0 saturated carbocycles. The van der Waals surface area contributed by atoms with Crippen molar-refractivity contribution in [2.75, 3.05) is 0 Å². The quantitative estimate of drug-likeness (QED) is 0.357. The van der Waals surface area contributed by atoms with Crippen molar-refractivity contribution >= 4 is 5.92 Å². The van der Waals surface area contributed by atoms with Gasteiger partial charge in [-0.25, -0.2) is 0 Å². The first kappa shape index (κ1) is 23.0. The van der Waals surface area contributed by atoms with Crippen LogP contribution in [0.5, 0.6) is 0 Å². The van der Waals surface area contributed by atoms with Gasteiger partial charge in [-0.2, -0.15) is 0 Å². The summed E-state index contributed by atoms with van der Waals surface area (Å²) >= 11 is -2.00. The predicted octanol–water partition coefficient (Wildman–Crippen LogP) is 1.14. The van der Waals surface area contributed by atoms with E-state index in [-0.39, 0.29) is 9.41 Å². The van der Waals surface area contributed by atoms with Crippen molar-refractivity contribution in [3.8, 4) is 22.3 Å². The zero-order valence-electron chi connectivity index (χ0n) is 18.2. The van der Waals surface area contributed by atoms with Gasteiger partial charge in [-0.1, -0.05) is 0 Å². The first-order valence-electron chi connectivity index (χ1n) is 11.0. The molecule has 2 aliphatic rings. The van der Waals surface area contributed by atoms with Crippen molar-refractivity contribution in [2.24, 2.45) is 0 Å². The van der Waals surface area contributed by atoms with Crippen molar-refractivity contribution in [3.05, 3.63) is 119 Å². The molecule has 0 saturated heterocycles. The van der Waals surface area contributed by atoms with Crippen LogP contribution in [-0.4, -0.2) is 5.92 Å². The van der Waals surface area contributed by atoms with E-state index in [2.05, 4.69) is 110 Å². The molecule has 2 aliphatic carbocycles. The van der Waals surface area contributed by atoms with Crippen LogP contribution >= 0.6 is 0 Å². The van der Waals surface area contributed by atoms with Gasteiger partial charge < -0.3 is 9.41 Å². The van der Waals surface area contributed by atoms with E-state index in [0.717, 1.165) is 0 Å². The van der Waals surface area contributed by atoms with E-state index in [0.29, 0.717) is 7.25 Å². The van der Waals surface area contributed by atoms with Gasteiger partial charge in [0, 0.05) is 0 Å². The molecule has 4 heteroatoms. The van der Waals surface area contributed by atoms with Crippen LogP contribution in [-0.2, 0) is 20.9 Å². The Labute approximate surface area is 197 Å². The van der Waals surface area contributed by atoms with E-state index in [1.807, 2.05) is 0 Å². The zero-order valence-corrected chi connectivity index (χ0v) is 21.8. The fourth-order valence-electron chi connectivity index (χ4n) is 5.86. The van der Waals surface area contributed by atoms with Gasteiger partial charge >= 0.3 is 189 Å². The summed E-state index contributed by atoms with van der Waals surface area (Å²) in [7, 11) is 0. The molecule has 0 aliphatic heterocycles. The molecule has 0 aromatic heterocycles. The molecule has 4 aromatic carbocycles. The average molecular weight is 519 g/mol. The Balaban J connectivity index is 0.00000122. The summed E-state index contributed by atoms with van der Waals surface area (Å²) in [5, 5.41) is 0. The largest absolute Gasteiger partial charge is 1.00 e. The van der Waals surface area contributed by atoms with Crippen LogP contribution < -0.4 is 9.41 Å². The summed E-state index contributed by atoms with van der Waals surface area (Å²) in [4.78, 5) is 0. The number of benzene rings is 4. The zero-order chi connectivity index (χ0) is 20.2. The monoisotopic (exact) mass is 517 g/mol. The van der Waals surface area contributed by atoms with Gasteiger partial charge in [0.1, 0.15) is 0 Å². The fourth-order valence-corrected chi connectivity index (χ4v) is 28.1. The van der Waals surface area contributed by atoms with E-state index in [4.69, 9.17) is 0 Å². The summed E-state index contributed by atoms with van der Waals surface area (Å²) in [5.74, 6) is -0.830. The average Bonchev–Trinajstić information content (AvgIpc) is 3.29. The molecule has 4 aromatic rings. The summed E-state index contributed by atoms with van der Waals surface area (Å²) in [6, 6.07) is 37.1. The van der Waals surface area contributed by atoms with E-state index in [9.17, 15) is 0 Å². The Hall–Kier alpha value is -2.16. The molecule has 0 atom stereocenters. The number of hydrogen-bond donors (Lipinski definition) is 0.